The van der Waals surface area contributed by atoms with Gasteiger partial charge in [-0.2, -0.15) is 0 Å². The average Bonchev–Trinajstić information content (AvgIpc) is 3.47. The standard InChI is InChI=1S/C27H25N3O5/c31-24(32)23-12-11-17(15-28-23)29-25(33)27(13-5-6-14-27)30-26(34)35-16-22-20-9-3-1-7-18(20)19-8-2-4-10-21(19)22/h1-4,7-12,15,22H,5-6,13-14,16H2,(H,29,33)(H,30,34)(H,31,32). The van der Waals surface area contributed by atoms with Crippen LogP contribution in [0.15, 0.2) is 66.9 Å². The van der Waals surface area contributed by atoms with Crippen molar-refractivity contribution in [1.82, 2.24) is 10.3 Å². The van der Waals surface area contributed by atoms with E-state index in [4.69, 9.17) is 9.84 Å². The minimum Gasteiger partial charge on any atom is -0.477 e. The quantitative estimate of drug-likeness (QED) is 0.485. The second-order valence-electron chi connectivity index (χ2n) is 8.93. The van der Waals surface area contributed by atoms with Crippen LogP contribution in [0.2, 0.25) is 0 Å². The number of benzene rings is 2. The van der Waals surface area contributed by atoms with E-state index in [2.05, 4.69) is 39.9 Å². The molecule has 1 heterocycles. The van der Waals surface area contributed by atoms with E-state index in [9.17, 15) is 14.4 Å². The first-order valence-electron chi connectivity index (χ1n) is 11.6. The van der Waals surface area contributed by atoms with Gasteiger partial charge in [0.05, 0.1) is 11.9 Å². The molecular weight excluding hydrogens is 446 g/mol. The summed E-state index contributed by atoms with van der Waals surface area (Å²) in [6.45, 7) is 0.165. The molecule has 0 bridgehead atoms. The minimum absolute atomic E-state index is 0.0691. The molecule has 0 atom stereocenters. The maximum atomic E-state index is 13.2. The van der Waals surface area contributed by atoms with Gasteiger partial charge >= 0.3 is 12.1 Å². The lowest BCUT2D eigenvalue weighted by molar-refractivity contribution is -0.122. The van der Waals surface area contributed by atoms with Crippen molar-refractivity contribution in [3.05, 3.63) is 83.7 Å². The minimum atomic E-state index is -1.15. The molecule has 8 nitrogen and oxygen atoms in total. The molecule has 1 saturated carbocycles. The van der Waals surface area contributed by atoms with E-state index in [1.165, 1.54) is 18.3 Å². The summed E-state index contributed by atoms with van der Waals surface area (Å²) in [7, 11) is 0. The molecule has 178 valence electrons. The number of carbonyl (C=O) groups excluding carboxylic acids is 2. The fourth-order valence-electron chi connectivity index (χ4n) is 5.06. The number of nitrogens with zero attached hydrogens (tertiary/aromatic N) is 1. The Labute approximate surface area is 202 Å². The number of fused-ring (bicyclic) bond motifs is 3. The highest BCUT2D eigenvalue weighted by Gasteiger charge is 2.43. The summed E-state index contributed by atoms with van der Waals surface area (Å²) in [6, 6.07) is 19.0. The summed E-state index contributed by atoms with van der Waals surface area (Å²) in [4.78, 5) is 40.8. The van der Waals surface area contributed by atoms with E-state index in [0.717, 1.165) is 35.1 Å². The van der Waals surface area contributed by atoms with E-state index < -0.39 is 17.6 Å². The predicted octanol–water partition coefficient (Wildman–Crippen LogP) is 4.57. The van der Waals surface area contributed by atoms with Gasteiger partial charge in [-0.05, 0) is 47.2 Å². The van der Waals surface area contributed by atoms with E-state index in [1.807, 2.05) is 24.3 Å². The number of rotatable bonds is 6. The summed E-state index contributed by atoms with van der Waals surface area (Å²) in [6.07, 6.45) is 3.23. The summed E-state index contributed by atoms with van der Waals surface area (Å²) >= 11 is 0. The van der Waals surface area contributed by atoms with E-state index in [-0.39, 0.29) is 24.1 Å². The van der Waals surface area contributed by atoms with Crippen molar-refractivity contribution < 1.29 is 24.2 Å². The van der Waals surface area contributed by atoms with Crippen LogP contribution < -0.4 is 10.6 Å². The third-order valence-corrected chi connectivity index (χ3v) is 6.82. The highest BCUT2D eigenvalue weighted by Crippen LogP contribution is 2.44. The molecule has 8 heteroatoms. The number of hydrogen-bond acceptors (Lipinski definition) is 5. The summed E-state index contributed by atoms with van der Waals surface area (Å²) < 4.78 is 5.66. The molecule has 2 aliphatic rings. The topological polar surface area (TPSA) is 118 Å². The lowest BCUT2D eigenvalue weighted by atomic mass is 9.96. The van der Waals surface area contributed by atoms with Crippen LogP contribution in [-0.2, 0) is 9.53 Å². The zero-order chi connectivity index (χ0) is 24.4. The normalized spacial score (nSPS) is 15.7. The summed E-state index contributed by atoms with van der Waals surface area (Å²) in [5.74, 6) is -1.58. The van der Waals surface area contributed by atoms with Gasteiger partial charge in [-0.25, -0.2) is 14.6 Å². The number of hydrogen-bond donors (Lipinski definition) is 3. The van der Waals surface area contributed by atoms with Crippen LogP contribution in [0.25, 0.3) is 11.1 Å². The third-order valence-electron chi connectivity index (χ3n) is 6.82. The van der Waals surface area contributed by atoms with Crippen LogP contribution in [0, 0.1) is 0 Å². The fourth-order valence-corrected chi connectivity index (χ4v) is 5.06. The highest BCUT2D eigenvalue weighted by molar-refractivity contribution is 6.00. The SMILES string of the molecule is O=C(NC1(C(=O)Nc2ccc(C(=O)O)nc2)CCCC1)OCC1c2ccccc2-c2ccccc21. The van der Waals surface area contributed by atoms with Crippen LogP contribution in [0.5, 0.6) is 0 Å². The molecule has 2 aliphatic carbocycles. The molecule has 2 aromatic carbocycles. The zero-order valence-electron chi connectivity index (χ0n) is 19.0. The highest BCUT2D eigenvalue weighted by atomic mass is 16.5. The first-order chi connectivity index (χ1) is 17.0. The Bertz CT molecular complexity index is 1240. The van der Waals surface area contributed by atoms with Crippen LogP contribution in [0.4, 0.5) is 10.5 Å². The molecule has 0 spiro atoms. The second kappa shape index (κ2) is 9.21. The molecule has 5 rings (SSSR count). The second-order valence-corrected chi connectivity index (χ2v) is 8.93. The van der Waals surface area contributed by atoms with E-state index in [1.54, 1.807) is 0 Å². The maximum Gasteiger partial charge on any atom is 0.408 e. The number of aromatic carboxylic acids is 1. The fraction of sp³-hybridized carbons (Fsp3) is 0.259. The predicted molar refractivity (Wildman–Crippen MR) is 129 cm³/mol. The smallest absolute Gasteiger partial charge is 0.408 e. The number of pyridine rings is 1. The molecule has 3 N–H and O–H groups in total. The molecule has 0 unspecified atom stereocenters. The number of alkyl carbamates (subject to hydrolysis) is 1. The van der Waals surface area contributed by atoms with Crippen molar-refractivity contribution in [2.75, 3.05) is 11.9 Å². The van der Waals surface area contributed by atoms with Crippen LogP contribution in [-0.4, -0.2) is 40.2 Å². The Hall–Kier alpha value is -4.20. The van der Waals surface area contributed by atoms with E-state index >= 15 is 0 Å². The molecule has 1 fully saturated rings. The van der Waals surface area contributed by atoms with Gasteiger partial charge in [0.25, 0.3) is 0 Å². The number of carboxylic acid groups (broad SMARTS) is 1. The van der Waals surface area contributed by atoms with Gasteiger partial charge in [-0.3, -0.25) is 4.79 Å². The molecule has 2 amide bonds. The Balaban J connectivity index is 1.26. The number of anilines is 1. The third kappa shape index (κ3) is 4.35. The molecular formula is C27H25N3O5. The first-order valence-corrected chi connectivity index (χ1v) is 11.6. The van der Waals surface area contributed by atoms with Crippen molar-refractivity contribution in [1.29, 1.82) is 0 Å². The summed E-state index contributed by atoms with van der Waals surface area (Å²) in [5.41, 5.74) is 3.68. The maximum absolute atomic E-state index is 13.2. The lowest BCUT2D eigenvalue weighted by Gasteiger charge is -2.28. The largest absolute Gasteiger partial charge is 0.477 e. The molecule has 3 aromatic rings. The number of aromatic nitrogens is 1. The van der Waals surface area contributed by atoms with Crippen molar-refractivity contribution in [2.24, 2.45) is 0 Å². The first kappa shape index (κ1) is 22.6. The molecule has 0 radical (unpaired) electrons. The number of carboxylic acids is 1. The molecule has 0 aliphatic heterocycles. The Morgan fingerprint density at radius 1 is 0.943 bits per heavy atom. The van der Waals surface area contributed by atoms with Crippen molar-refractivity contribution >= 4 is 23.7 Å². The number of ether oxygens (including phenoxy) is 1. The van der Waals surface area contributed by atoms with Gasteiger partial charge in [0.15, 0.2) is 0 Å². The molecule has 35 heavy (non-hydrogen) atoms. The number of carbonyl (C=O) groups is 3. The average molecular weight is 472 g/mol. The van der Waals surface area contributed by atoms with Gasteiger partial charge in [0.1, 0.15) is 17.8 Å². The van der Waals surface area contributed by atoms with Gasteiger partial charge in [-0.1, -0.05) is 61.4 Å². The van der Waals surface area contributed by atoms with Gasteiger partial charge < -0.3 is 20.5 Å². The molecule has 0 saturated heterocycles. The van der Waals surface area contributed by atoms with E-state index in [0.29, 0.717) is 18.5 Å². The lowest BCUT2D eigenvalue weighted by Crippen LogP contribution is -2.55. The van der Waals surface area contributed by atoms with Crippen molar-refractivity contribution in [3.8, 4) is 11.1 Å². The Kier molecular flexibility index (Phi) is 5.94. The van der Waals surface area contributed by atoms with Crippen LogP contribution in [0.1, 0.15) is 53.2 Å². The van der Waals surface area contributed by atoms with Gasteiger partial charge in [0, 0.05) is 5.92 Å². The van der Waals surface area contributed by atoms with Crippen LogP contribution in [0.3, 0.4) is 0 Å². The van der Waals surface area contributed by atoms with Crippen LogP contribution >= 0.6 is 0 Å². The Morgan fingerprint density at radius 2 is 1.57 bits per heavy atom. The van der Waals surface area contributed by atoms with Gasteiger partial charge in [-0.15, -0.1) is 0 Å². The Morgan fingerprint density at radius 3 is 2.14 bits per heavy atom. The van der Waals surface area contributed by atoms with Gasteiger partial charge in [0.2, 0.25) is 5.91 Å². The number of amides is 2. The summed E-state index contributed by atoms with van der Waals surface area (Å²) in [5, 5.41) is 14.6. The monoisotopic (exact) mass is 471 g/mol. The molecule has 1 aromatic heterocycles. The van der Waals surface area contributed by atoms with Crippen molar-refractivity contribution in [2.45, 2.75) is 37.1 Å². The number of nitrogens with one attached hydrogen (secondary N) is 2. The van der Waals surface area contributed by atoms with Crippen molar-refractivity contribution in [3.63, 3.8) is 0 Å². The zero-order valence-corrected chi connectivity index (χ0v) is 19.0.